The molecule has 0 bridgehead atoms. The zero-order chi connectivity index (χ0) is 12.2. The summed E-state index contributed by atoms with van der Waals surface area (Å²) in [6.45, 7) is 11.5. The third-order valence-corrected chi connectivity index (χ3v) is 4.09. The summed E-state index contributed by atoms with van der Waals surface area (Å²) in [5.74, 6) is 2.14. The van der Waals surface area contributed by atoms with E-state index in [0.717, 1.165) is 12.3 Å². The molecule has 1 atom stereocenters. The van der Waals surface area contributed by atoms with Gasteiger partial charge in [-0.05, 0) is 56.2 Å². The lowest BCUT2D eigenvalue weighted by Crippen LogP contribution is -2.21. The maximum absolute atomic E-state index is 5.91. The Balaban J connectivity index is 2.51. The van der Waals surface area contributed by atoms with Crippen LogP contribution in [0, 0.1) is 11.3 Å². The van der Waals surface area contributed by atoms with Crippen molar-refractivity contribution in [1.29, 1.82) is 0 Å². The van der Waals surface area contributed by atoms with Crippen LogP contribution in [0.4, 0.5) is 0 Å². The number of rotatable bonds is 2. The largest absolute Gasteiger partial charge is 0.546 e. The van der Waals surface area contributed by atoms with E-state index in [9.17, 15) is 0 Å². The third kappa shape index (κ3) is 4.73. The predicted octanol–water partition coefficient (Wildman–Crippen LogP) is 4.76. The highest BCUT2D eigenvalue weighted by atomic mass is 28.3. The molecule has 1 radical (unpaired) electrons. The third-order valence-electron chi connectivity index (χ3n) is 3.42. The first kappa shape index (κ1) is 13.8. The van der Waals surface area contributed by atoms with Gasteiger partial charge in [-0.3, -0.25) is 0 Å². The van der Waals surface area contributed by atoms with Crippen molar-refractivity contribution in [2.24, 2.45) is 11.3 Å². The van der Waals surface area contributed by atoms with Crippen LogP contribution in [0.15, 0.2) is 11.8 Å². The van der Waals surface area contributed by atoms with Crippen molar-refractivity contribution in [2.75, 3.05) is 0 Å². The lowest BCUT2D eigenvalue weighted by molar-refractivity contribution is 0.202. The summed E-state index contributed by atoms with van der Waals surface area (Å²) in [4.78, 5) is 0. The molecule has 16 heavy (non-hydrogen) atoms. The van der Waals surface area contributed by atoms with Gasteiger partial charge in [-0.15, -0.1) is 0 Å². The van der Waals surface area contributed by atoms with E-state index in [0.29, 0.717) is 5.41 Å². The van der Waals surface area contributed by atoms with Crippen LogP contribution >= 0.6 is 0 Å². The second-order valence-electron chi connectivity index (χ2n) is 6.21. The SMILES string of the molecule is C[Si](C)O/C1=C/CCC(C(C)(C)C)CCC1. The van der Waals surface area contributed by atoms with Crippen molar-refractivity contribution in [2.45, 2.75) is 66.0 Å². The fraction of sp³-hybridized carbons (Fsp3) is 0.857. The summed E-state index contributed by atoms with van der Waals surface area (Å²) in [5.41, 5.74) is 0.469. The van der Waals surface area contributed by atoms with Gasteiger partial charge in [-0.2, -0.15) is 0 Å². The van der Waals surface area contributed by atoms with E-state index in [1.165, 1.54) is 31.4 Å². The molecule has 1 aliphatic rings. The molecule has 0 aromatic rings. The van der Waals surface area contributed by atoms with Gasteiger partial charge in [0.05, 0.1) is 5.76 Å². The van der Waals surface area contributed by atoms with Crippen LogP contribution < -0.4 is 0 Å². The van der Waals surface area contributed by atoms with Gasteiger partial charge < -0.3 is 4.43 Å². The van der Waals surface area contributed by atoms with E-state index in [2.05, 4.69) is 39.9 Å². The summed E-state index contributed by atoms with van der Waals surface area (Å²) < 4.78 is 5.91. The molecule has 2 heteroatoms. The molecule has 0 saturated carbocycles. The average Bonchev–Trinajstić information content (AvgIpc) is 2.06. The van der Waals surface area contributed by atoms with E-state index in [1.807, 2.05) is 0 Å². The van der Waals surface area contributed by atoms with Gasteiger partial charge in [0.1, 0.15) is 0 Å². The van der Waals surface area contributed by atoms with Crippen molar-refractivity contribution < 1.29 is 4.43 Å². The zero-order valence-corrected chi connectivity index (χ0v) is 12.6. The van der Waals surface area contributed by atoms with Crippen LogP contribution in [-0.4, -0.2) is 9.04 Å². The topological polar surface area (TPSA) is 9.23 Å². The van der Waals surface area contributed by atoms with Crippen LogP contribution in [-0.2, 0) is 4.43 Å². The van der Waals surface area contributed by atoms with Gasteiger partial charge in [0.2, 0.25) is 0 Å². The van der Waals surface area contributed by atoms with Crippen molar-refractivity contribution in [3.05, 3.63) is 11.8 Å². The van der Waals surface area contributed by atoms with Gasteiger partial charge in [0, 0.05) is 6.42 Å². The Bertz CT molecular complexity index is 238. The smallest absolute Gasteiger partial charge is 0.273 e. The van der Waals surface area contributed by atoms with Crippen LogP contribution in [0.5, 0.6) is 0 Å². The minimum absolute atomic E-state index is 0.469. The Labute approximate surface area is 103 Å². The van der Waals surface area contributed by atoms with Crippen LogP contribution in [0.1, 0.15) is 52.9 Å². The van der Waals surface area contributed by atoms with Crippen LogP contribution in [0.2, 0.25) is 13.1 Å². The maximum Gasteiger partial charge on any atom is 0.273 e. The molecule has 93 valence electrons. The molecule has 0 aliphatic heterocycles. The fourth-order valence-corrected chi connectivity index (χ4v) is 3.15. The number of hydrogen-bond donors (Lipinski definition) is 0. The average molecular weight is 239 g/mol. The molecule has 0 aromatic carbocycles. The van der Waals surface area contributed by atoms with E-state index in [4.69, 9.17) is 4.43 Å². The van der Waals surface area contributed by atoms with E-state index < -0.39 is 9.04 Å². The fourth-order valence-electron chi connectivity index (χ4n) is 2.44. The Morgan fingerprint density at radius 2 is 1.94 bits per heavy atom. The van der Waals surface area contributed by atoms with Crippen LogP contribution in [0.25, 0.3) is 0 Å². The zero-order valence-electron chi connectivity index (χ0n) is 11.6. The van der Waals surface area contributed by atoms with Crippen LogP contribution in [0.3, 0.4) is 0 Å². The summed E-state index contributed by atoms with van der Waals surface area (Å²) in [5, 5.41) is 0. The van der Waals surface area contributed by atoms with Crippen molar-refractivity contribution in [3.63, 3.8) is 0 Å². The molecule has 0 spiro atoms. The monoisotopic (exact) mass is 239 g/mol. The highest BCUT2D eigenvalue weighted by Crippen LogP contribution is 2.35. The highest BCUT2D eigenvalue weighted by molar-refractivity contribution is 6.48. The maximum atomic E-state index is 5.91. The lowest BCUT2D eigenvalue weighted by Gasteiger charge is -2.32. The molecular formula is C14H27OSi. The van der Waals surface area contributed by atoms with E-state index in [-0.39, 0.29) is 0 Å². The molecule has 1 aliphatic carbocycles. The minimum Gasteiger partial charge on any atom is -0.546 e. The second-order valence-corrected chi connectivity index (χ2v) is 8.23. The summed E-state index contributed by atoms with van der Waals surface area (Å²) >= 11 is 0. The van der Waals surface area contributed by atoms with E-state index >= 15 is 0 Å². The van der Waals surface area contributed by atoms with Gasteiger partial charge >= 0.3 is 0 Å². The molecule has 0 N–H and O–H groups in total. The first-order valence-corrected chi connectivity index (χ1v) is 8.97. The van der Waals surface area contributed by atoms with Gasteiger partial charge in [0.15, 0.2) is 0 Å². The standard InChI is InChI=1S/C14H27OSi/c1-14(2,3)12-8-6-10-13(11-7-9-12)15-16(4)5/h10,12H,6-9,11H2,1-5H3/b13-10+. The van der Waals surface area contributed by atoms with E-state index in [1.54, 1.807) is 0 Å². The normalized spacial score (nSPS) is 26.9. The van der Waals surface area contributed by atoms with Gasteiger partial charge in [-0.25, -0.2) is 0 Å². The molecule has 1 rings (SSSR count). The molecule has 0 saturated heterocycles. The molecule has 0 heterocycles. The van der Waals surface area contributed by atoms with Gasteiger partial charge in [0.25, 0.3) is 9.04 Å². The predicted molar refractivity (Wildman–Crippen MR) is 72.7 cm³/mol. The Kier molecular flexibility index (Phi) is 5.10. The molecule has 1 nitrogen and oxygen atoms in total. The first-order valence-electron chi connectivity index (χ1n) is 6.56. The highest BCUT2D eigenvalue weighted by Gasteiger charge is 2.24. The molecular weight excluding hydrogens is 212 g/mol. The second kappa shape index (κ2) is 5.90. The Morgan fingerprint density at radius 3 is 2.50 bits per heavy atom. The lowest BCUT2D eigenvalue weighted by atomic mass is 9.74. The quantitative estimate of drug-likeness (QED) is 0.631. The minimum atomic E-state index is -0.571. The molecule has 0 fully saturated rings. The van der Waals surface area contributed by atoms with Crippen molar-refractivity contribution >= 4 is 9.04 Å². The molecule has 0 aromatic heterocycles. The summed E-state index contributed by atoms with van der Waals surface area (Å²) in [6, 6.07) is 0. The molecule has 1 unspecified atom stereocenters. The Hall–Kier alpha value is -0.243. The molecule has 0 amide bonds. The number of hydrogen-bond acceptors (Lipinski definition) is 1. The number of allylic oxidation sites excluding steroid dienone is 2. The van der Waals surface area contributed by atoms with Crippen molar-refractivity contribution in [1.82, 2.24) is 0 Å². The first-order chi connectivity index (χ1) is 7.39. The summed E-state index contributed by atoms with van der Waals surface area (Å²) in [6.07, 6.45) is 8.68. The summed E-state index contributed by atoms with van der Waals surface area (Å²) in [7, 11) is -0.571. The van der Waals surface area contributed by atoms with Crippen molar-refractivity contribution in [3.8, 4) is 0 Å². The Morgan fingerprint density at radius 1 is 1.25 bits per heavy atom. The van der Waals surface area contributed by atoms with Gasteiger partial charge in [-0.1, -0.05) is 20.8 Å².